The molecule has 1 amide bonds. The van der Waals surface area contributed by atoms with Gasteiger partial charge in [0.05, 0.1) is 77.2 Å². The first-order valence-electron chi connectivity index (χ1n) is 23.7. The highest BCUT2D eigenvalue weighted by Crippen LogP contribution is 2.50. The molecule has 1 unspecified atom stereocenters. The summed E-state index contributed by atoms with van der Waals surface area (Å²) >= 11 is 1.63. The number of piperidine rings is 2. The molecule has 0 radical (unpaired) electrons. The number of nitrogens with one attached hydrogen (secondary N) is 1. The van der Waals surface area contributed by atoms with Gasteiger partial charge in [0.1, 0.15) is 12.0 Å². The number of β-amino-alcohol motifs (C(OH)–C–C–N with tert-alkyl or cyclic N) is 1. The molecule has 350 valence electrons. The van der Waals surface area contributed by atoms with E-state index < -0.39 is 12.1 Å². The van der Waals surface area contributed by atoms with E-state index in [1.807, 2.05) is 49.4 Å². The lowest BCUT2D eigenvalue weighted by atomic mass is 9.61. The van der Waals surface area contributed by atoms with E-state index in [1.165, 1.54) is 12.8 Å². The molecule has 1 aliphatic carbocycles. The van der Waals surface area contributed by atoms with Gasteiger partial charge in [-0.1, -0.05) is 36.4 Å². The number of carbonyl (C=O) groups excluding carboxylic acids is 1. The van der Waals surface area contributed by atoms with Gasteiger partial charge in [-0.15, -0.1) is 21.5 Å². The van der Waals surface area contributed by atoms with Gasteiger partial charge in [-0.3, -0.25) is 14.6 Å². The molecule has 6 heterocycles. The van der Waals surface area contributed by atoms with Crippen LogP contribution in [-0.2, 0) is 19.0 Å². The van der Waals surface area contributed by atoms with Gasteiger partial charge >= 0.3 is 0 Å². The molecule has 65 heavy (non-hydrogen) atoms. The van der Waals surface area contributed by atoms with Gasteiger partial charge in [0, 0.05) is 51.4 Å². The number of thiazole rings is 1. The number of hydrogen-bond acceptors (Lipinski definition) is 15. The van der Waals surface area contributed by atoms with Crippen LogP contribution in [0.3, 0.4) is 0 Å². The SMILES string of the molecule is Cc1ncsc1-c1ccc([C@H](C)NC(=O)[C@@H]2C[C@@H](O)CN2C(C)OCCN2CCC3(CC2)CC(OCCN2CCOC4(CCN(c5cc(-c6ccccc6O)nnc5N)CC4)C2)C3)cc1. The van der Waals surface area contributed by atoms with Crippen molar-refractivity contribution in [1.29, 1.82) is 0 Å². The summed E-state index contributed by atoms with van der Waals surface area (Å²) in [4.78, 5) is 28.4. The number of phenolic OH excluding ortho intramolecular Hbond substituents is 1. The number of anilines is 2. The van der Waals surface area contributed by atoms with E-state index in [1.54, 1.807) is 23.5 Å². The summed E-state index contributed by atoms with van der Waals surface area (Å²) in [5, 5.41) is 32.7. The molecule has 5 aliphatic rings. The predicted octanol–water partition coefficient (Wildman–Crippen LogP) is 5.47. The van der Waals surface area contributed by atoms with Crippen LogP contribution in [0.4, 0.5) is 11.5 Å². The average Bonchev–Trinajstić information content (AvgIpc) is 3.92. The van der Waals surface area contributed by atoms with E-state index in [9.17, 15) is 15.0 Å². The molecule has 2 aromatic heterocycles. The van der Waals surface area contributed by atoms with Crippen LogP contribution in [0.5, 0.6) is 5.75 Å². The number of nitrogen functional groups attached to an aromatic ring is 1. The van der Waals surface area contributed by atoms with Crippen molar-refractivity contribution in [3.63, 3.8) is 0 Å². The topological polar surface area (TPSA) is 175 Å². The Morgan fingerprint density at radius 3 is 2.48 bits per heavy atom. The molecular weight excluding hydrogens is 843 g/mol. The minimum Gasteiger partial charge on any atom is -0.507 e. The van der Waals surface area contributed by atoms with Crippen LogP contribution in [0.25, 0.3) is 21.7 Å². The zero-order valence-electron chi connectivity index (χ0n) is 38.2. The van der Waals surface area contributed by atoms with Gasteiger partial charge in [0.25, 0.3) is 0 Å². The maximum absolute atomic E-state index is 13.6. The maximum Gasteiger partial charge on any atom is 0.238 e. The van der Waals surface area contributed by atoms with E-state index in [-0.39, 0.29) is 29.5 Å². The first kappa shape index (κ1) is 45.9. The fourth-order valence-corrected chi connectivity index (χ4v) is 11.7. The van der Waals surface area contributed by atoms with Gasteiger partial charge in [0.2, 0.25) is 5.91 Å². The number of phenols is 1. The van der Waals surface area contributed by atoms with Crippen LogP contribution >= 0.6 is 11.3 Å². The Labute approximate surface area is 387 Å². The highest BCUT2D eigenvalue weighted by atomic mass is 32.1. The molecule has 1 saturated carbocycles. The summed E-state index contributed by atoms with van der Waals surface area (Å²) in [7, 11) is 0. The fourth-order valence-electron chi connectivity index (χ4n) is 10.9. The van der Waals surface area contributed by atoms with E-state index >= 15 is 0 Å². The molecule has 5 N–H and O–H groups in total. The second-order valence-corrected chi connectivity index (χ2v) is 20.1. The number of benzene rings is 2. The predicted molar refractivity (Wildman–Crippen MR) is 253 cm³/mol. The summed E-state index contributed by atoms with van der Waals surface area (Å²) < 4.78 is 19.3. The summed E-state index contributed by atoms with van der Waals surface area (Å²) in [5.74, 6) is 0.490. The number of ether oxygens (including phenoxy) is 3. The molecule has 5 fully saturated rings. The van der Waals surface area contributed by atoms with E-state index in [0.29, 0.717) is 48.2 Å². The molecule has 4 atom stereocenters. The lowest BCUT2D eigenvalue weighted by molar-refractivity contribution is -0.136. The number of aromatic hydroxyl groups is 1. The number of para-hydroxylation sites is 1. The average molecular weight is 910 g/mol. The van der Waals surface area contributed by atoms with Gasteiger partial charge < -0.3 is 45.3 Å². The molecule has 2 spiro atoms. The smallest absolute Gasteiger partial charge is 0.238 e. The number of amides is 1. The number of nitrogens with zero attached hydrogens (tertiary/aromatic N) is 7. The van der Waals surface area contributed by atoms with Crippen LogP contribution in [0, 0.1) is 12.3 Å². The Morgan fingerprint density at radius 2 is 1.74 bits per heavy atom. The lowest BCUT2D eigenvalue weighted by Gasteiger charge is -2.52. The van der Waals surface area contributed by atoms with E-state index in [2.05, 4.69) is 59.5 Å². The standard InChI is InChI=1S/C49H67N9O6S/c1-33(36-8-10-37(11-9-36)45-34(2)51-32-65-45)52-47(61)43-26-38(59)30-58(43)35(3)62-23-20-55-16-12-48(13-17-55)28-39(29-48)63-24-21-56-22-25-64-49(31-56)14-18-57(19-15-49)42-27-41(53-54-46(42)50)40-6-4-5-7-44(40)60/h4-11,27,32-33,35,38-39,43,59-60H,12-26,28-31H2,1-3H3,(H2,50,54)(H,52,61)/t33-,35?,38+,43-/m0/s1. The van der Waals surface area contributed by atoms with E-state index in [0.717, 1.165) is 119 Å². The second kappa shape index (κ2) is 19.9. The van der Waals surface area contributed by atoms with Crippen LogP contribution in [0.1, 0.15) is 76.1 Å². The van der Waals surface area contributed by atoms with Gasteiger partial charge in [-0.2, -0.15) is 0 Å². The summed E-state index contributed by atoms with van der Waals surface area (Å²) in [6.07, 6.45) is 6.38. The van der Waals surface area contributed by atoms with Gasteiger partial charge in [0.15, 0.2) is 5.82 Å². The number of nitrogens with two attached hydrogens (primary N) is 1. The van der Waals surface area contributed by atoms with E-state index in [4.69, 9.17) is 19.9 Å². The third-order valence-electron chi connectivity index (χ3n) is 15.0. The molecule has 2 aromatic carbocycles. The Balaban J connectivity index is 0.654. The Morgan fingerprint density at radius 1 is 0.985 bits per heavy atom. The molecule has 4 aliphatic heterocycles. The molecule has 4 aromatic rings. The third kappa shape index (κ3) is 10.5. The maximum atomic E-state index is 13.6. The quantitative estimate of drug-likeness (QED) is 0.118. The minimum absolute atomic E-state index is 0.0769. The highest BCUT2D eigenvalue weighted by molar-refractivity contribution is 7.13. The minimum atomic E-state index is -0.560. The number of rotatable bonds is 15. The number of aliphatic hydroxyl groups is 1. The Hall–Kier alpha value is -4.26. The van der Waals surface area contributed by atoms with Crippen LogP contribution in [0.15, 0.2) is 60.1 Å². The highest BCUT2D eigenvalue weighted by Gasteiger charge is 2.47. The number of morpholine rings is 1. The monoisotopic (exact) mass is 909 g/mol. The Kier molecular flexibility index (Phi) is 14.1. The van der Waals surface area contributed by atoms with Crippen molar-refractivity contribution in [2.45, 2.75) is 102 Å². The summed E-state index contributed by atoms with van der Waals surface area (Å²) in [6, 6.07) is 16.8. The van der Waals surface area contributed by atoms with Crippen molar-refractivity contribution in [3.8, 4) is 27.4 Å². The van der Waals surface area contributed by atoms with Crippen molar-refractivity contribution >= 4 is 28.7 Å². The molecule has 9 rings (SSSR count). The molecule has 0 bridgehead atoms. The largest absolute Gasteiger partial charge is 0.507 e. The van der Waals surface area contributed by atoms with Crippen molar-refractivity contribution in [2.24, 2.45) is 5.41 Å². The fraction of sp³-hybridized carbons (Fsp3) is 0.592. The number of likely N-dealkylation sites (tertiary alicyclic amines) is 2. The second-order valence-electron chi connectivity index (χ2n) is 19.2. The number of aliphatic hydroxyl groups excluding tert-OH is 1. The summed E-state index contributed by atoms with van der Waals surface area (Å²) in [6.45, 7) is 15.9. The first-order chi connectivity index (χ1) is 31.5. The normalized spacial score (nSPS) is 23.7. The first-order valence-corrected chi connectivity index (χ1v) is 24.6. The summed E-state index contributed by atoms with van der Waals surface area (Å²) in [5.41, 5.74) is 13.7. The zero-order chi connectivity index (χ0) is 45.1. The molecule has 4 saturated heterocycles. The number of carbonyl (C=O) groups is 1. The van der Waals surface area contributed by atoms with Crippen molar-refractivity contribution in [1.82, 2.24) is 35.2 Å². The Bertz CT molecular complexity index is 2220. The zero-order valence-corrected chi connectivity index (χ0v) is 39.1. The van der Waals surface area contributed by atoms with Crippen LogP contribution in [0.2, 0.25) is 0 Å². The molecule has 15 nitrogen and oxygen atoms in total. The van der Waals surface area contributed by atoms with Gasteiger partial charge in [-0.25, -0.2) is 4.98 Å². The third-order valence-corrected chi connectivity index (χ3v) is 15.9. The van der Waals surface area contributed by atoms with Crippen molar-refractivity contribution in [3.05, 3.63) is 71.4 Å². The number of aromatic nitrogens is 3. The lowest BCUT2D eigenvalue weighted by Crippen LogP contribution is -2.57. The van der Waals surface area contributed by atoms with Crippen LogP contribution in [-0.4, -0.2) is 155 Å². The molecular formula is C49H67N9O6S. The molecule has 16 heteroatoms. The van der Waals surface area contributed by atoms with Crippen LogP contribution < -0.4 is 16.0 Å². The van der Waals surface area contributed by atoms with Gasteiger partial charge in [-0.05, 0) is 114 Å². The number of hydrogen-bond donors (Lipinski definition) is 4. The number of aryl methyl sites for hydroxylation is 1. The van der Waals surface area contributed by atoms with Crippen molar-refractivity contribution in [2.75, 3.05) is 89.4 Å². The van der Waals surface area contributed by atoms with Crippen molar-refractivity contribution < 1.29 is 29.2 Å².